The molecular formula is C15H14N2O4. The van der Waals surface area contributed by atoms with Crippen LogP contribution in [0.3, 0.4) is 0 Å². The molecule has 6 heteroatoms. The normalized spacial score (nSPS) is 20.2. The minimum absolute atomic E-state index is 0.214. The number of fused-ring (bicyclic) bond motifs is 1. The zero-order valence-corrected chi connectivity index (χ0v) is 11.1. The number of para-hydroxylation sites is 1. The van der Waals surface area contributed by atoms with Gasteiger partial charge in [-0.15, -0.1) is 0 Å². The summed E-state index contributed by atoms with van der Waals surface area (Å²) in [5.74, 6) is -2.22. The van der Waals surface area contributed by atoms with Crippen molar-refractivity contribution in [3.8, 4) is 0 Å². The van der Waals surface area contributed by atoms with Gasteiger partial charge < -0.3 is 15.4 Å². The molecule has 21 heavy (non-hydrogen) atoms. The minimum Gasteiger partial charge on any atom is -0.481 e. The van der Waals surface area contributed by atoms with Gasteiger partial charge in [-0.3, -0.25) is 14.4 Å². The van der Waals surface area contributed by atoms with Crippen LogP contribution in [0.4, 0.5) is 0 Å². The van der Waals surface area contributed by atoms with E-state index in [1.165, 1.54) is 6.07 Å². The van der Waals surface area contributed by atoms with E-state index in [0.717, 1.165) is 10.9 Å². The summed E-state index contributed by atoms with van der Waals surface area (Å²) in [6, 6.07) is 8.78. The van der Waals surface area contributed by atoms with Gasteiger partial charge in [-0.25, -0.2) is 0 Å². The number of carbonyl (C=O) groups is 2. The van der Waals surface area contributed by atoms with E-state index in [1.807, 2.05) is 18.2 Å². The summed E-state index contributed by atoms with van der Waals surface area (Å²) in [6.07, 6.45) is 0.386. The molecule has 1 fully saturated rings. The molecule has 0 spiro atoms. The largest absolute Gasteiger partial charge is 0.481 e. The summed E-state index contributed by atoms with van der Waals surface area (Å²) >= 11 is 0. The fourth-order valence-corrected chi connectivity index (χ4v) is 2.49. The number of pyridine rings is 1. The first-order valence-electron chi connectivity index (χ1n) is 6.67. The maximum absolute atomic E-state index is 11.9. The number of rotatable bonds is 4. The highest BCUT2D eigenvalue weighted by Gasteiger charge is 2.48. The molecule has 108 valence electrons. The SMILES string of the molecule is O=C(O)[C@@H]1C[C@H]1C(=O)NCc1cc(=O)[nH]c2ccccc12. The van der Waals surface area contributed by atoms with Crippen molar-refractivity contribution in [1.82, 2.24) is 10.3 Å². The van der Waals surface area contributed by atoms with Crippen molar-refractivity contribution >= 4 is 22.8 Å². The third-order valence-electron chi connectivity index (χ3n) is 3.73. The van der Waals surface area contributed by atoms with Crippen LogP contribution in [0.15, 0.2) is 35.1 Å². The molecule has 1 aromatic heterocycles. The van der Waals surface area contributed by atoms with E-state index >= 15 is 0 Å². The van der Waals surface area contributed by atoms with Crippen molar-refractivity contribution in [2.24, 2.45) is 11.8 Å². The summed E-state index contributed by atoms with van der Waals surface area (Å²) in [4.78, 5) is 36.9. The third-order valence-corrected chi connectivity index (χ3v) is 3.73. The van der Waals surface area contributed by atoms with Crippen LogP contribution >= 0.6 is 0 Å². The van der Waals surface area contributed by atoms with Crippen LogP contribution in [0.5, 0.6) is 0 Å². The van der Waals surface area contributed by atoms with Crippen molar-refractivity contribution in [2.75, 3.05) is 0 Å². The predicted octanol–water partition coefficient (Wildman–Crippen LogP) is 0.865. The number of carboxylic acids is 1. The summed E-state index contributed by atoms with van der Waals surface area (Å²) < 4.78 is 0. The van der Waals surface area contributed by atoms with E-state index < -0.39 is 17.8 Å². The van der Waals surface area contributed by atoms with E-state index in [2.05, 4.69) is 10.3 Å². The van der Waals surface area contributed by atoms with Gasteiger partial charge in [0.05, 0.1) is 11.8 Å². The lowest BCUT2D eigenvalue weighted by Gasteiger charge is -2.07. The Bertz CT molecular complexity index is 781. The van der Waals surface area contributed by atoms with Crippen molar-refractivity contribution in [3.05, 3.63) is 46.2 Å². The lowest BCUT2D eigenvalue weighted by molar-refractivity contribution is -0.140. The molecule has 3 rings (SSSR count). The molecule has 1 amide bonds. The Morgan fingerprint density at radius 1 is 1.29 bits per heavy atom. The Hall–Kier alpha value is -2.63. The van der Waals surface area contributed by atoms with Gasteiger partial charge in [-0.1, -0.05) is 18.2 Å². The van der Waals surface area contributed by atoms with Gasteiger partial charge in [0.15, 0.2) is 0 Å². The molecule has 2 aromatic rings. The number of benzene rings is 1. The number of carboxylic acid groups (broad SMARTS) is 1. The Balaban J connectivity index is 1.75. The van der Waals surface area contributed by atoms with Crippen molar-refractivity contribution < 1.29 is 14.7 Å². The number of aliphatic carboxylic acids is 1. The number of aromatic amines is 1. The lowest BCUT2D eigenvalue weighted by atomic mass is 10.1. The van der Waals surface area contributed by atoms with Gasteiger partial charge in [0, 0.05) is 23.5 Å². The van der Waals surface area contributed by atoms with Crippen molar-refractivity contribution in [2.45, 2.75) is 13.0 Å². The highest BCUT2D eigenvalue weighted by molar-refractivity contribution is 5.90. The topological polar surface area (TPSA) is 99.3 Å². The highest BCUT2D eigenvalue weighted by atomic mass is 16.4. The number of amides is 1. The number of H-pyrrole nitrogens is 1. The second kappa shape index (κ2) is 5.05. The first-order chi connectivity index (χ1) is 10.1. The molecule has 0 radical (unpaired) electrons. The number of hydrogen-bond acceptors (Lipinski definition) is 3. The molecule has 0 bridgehead atoms. The van der Waals surface area contributed by atoms with Gasteiger partial charge in [0.2, 0.25) is 11.5 Å². The maximum Gasteiger partial charge on any atom is 0.307 e. The van der Waals surface area contributed by atoms with E-state index in [4.69, 9.17) is 5.11 Å². The van der Waals surface area contributed by atoms with Crippen molar-refractivity contribution in [1.29, 1.82) is 0 Å². The second-order valence-corrected chi connectivity index (χ2v) is 5.21. The maximum atomic E-state index is 11.9. The summed E-state index contributed by atoms with van der Waals surface area (Å²) in [5, 5.41) is 12.4. The Labute approximate surface area is 119 Å². The molecule has 0 unspecified atom stereocenters. The molecule has 0 aliphatic heterocycles. The van der Waals surface area contributed by atoms with Gasteiger partial charge >= 0.3 is 5.97 Å². The summed E-state index contributed by atoms with van der Waals surface area (Å²) in [7, 11) is 0. The molecule has 3 N–H and O–H groups in total. The zero-order valence-electron chi connectivity index (χ0n) is 11.1. The Morgan fingerprint density at radius 2 is 2.05 bits per heavy atom. The van der Waals surface area contributed by atoms with Crippen LogP contribution in [0.25, 0.3) is 10.9 Å². The molecule has 2 atom stereocenters. The first-order valence-corrected chi connectivity index (χ1v) is 6.67. The van der Waals surface area contributed by atoms with Crippen LogP contribution in [0.1, 0.15) is 12.0 Å². The van der Waals surface area contributed by atoms with Gasteiger partial charge in [0.1, 0.15) is 0 Å². The Morgan fingerprint density at radius 3 is 2.76 bits per heavy atom. The predicted molar refractivity (Wildman–Crippen MR) is 75.6 cm³/mol. The summed E-state index contributed by atoms with van der Waals surface area (Å²) in [6.45, 7) is 0.214. The summed E-state index contributed by atoms with van der Waals surface area (Å²) in [5.41, 5.74) is 1.20. The Kier molecular flexibility index (Phi) is 3.21. The molecule has 1 aliphatic rings. The van der Waals surface area contributed by atoms with Crippen molar-refractivity contribution in [3.63, 3.8) is 0 Å². The number of nitrogens with one attached hydrogen (secondary N) is 2. The minimum atomic E-state index is -0.934. The number of hydrogen-bond donors (Lipinski definition) is 3. The number of aromatic nitrogens is 1. The molecule has 1 saturated carbocycles. The average molecular weight is 286 g/mol. The van der Waals surface area contributed by atoms with E-state index in [1.54, 1.807) is 6.07 Å². The molecule has 0 saturated heterocycles. The lowest BCUT2D eigenvalue weighted by Crippen LogP contribution is -2.26. The monoisotopic (exact) mass is 286 g/mol. The van der Waals surface area contributed by atoms with Crippen LogP contribution in [0, 0.1) is 11.8 Å². The molecule has 6 nitrogen and oxygen atoms in total. The van der Waals surface area contributed by atoms with Gasteiger partial charge in [-0.05, 0) is 18.1 Å². The standard InChI is InChI=1S/C15H14N2O4/c18-13-5-8(9-3-1-2-4-12(9)17-13)7-16-14(19)10-6-11(10)15(20)21/h1-5,10-11H,6-7H2,(H,16,19)(H,17,18)(H,20,21)/t10-,11-/m1/s1. The van der Waals surface area contributed by atoms with E-state index in [9.17, 15) is 14.4 Å². The van der Waals surface area contributed by atoms with Crippen LogP contribution in [-0.2, 0) is 16.1 Å². The smallest absolute Gasteiger partial charge is 0.307 e. The second-order valence-electron chi connectivity index (χ2n) is 5.21. The highest BCUT2D eigenvalue weighted by Crippen LogP contribution is 2.38. The van der Waals surface area contributed by atoms with E-state index in [0.29, 0.717) is 11.9 Å². The first kappa shape index (κ1) is 13.4. The van der Waals surface area contributed by atoms with E-state index in [-0.39, 0.29) is 18.0 Å². The fraction of sp³-hybridized carbons (Fsp3) is 0.267. The van der Waals surface area contributed by atoms with Gasteiger partial charge in [-0.2, -0.15) is 0 Å². The molecule has 1 heterocycles. The average Bonchev–Trinajstić information content (AvgIpc) is 3.25. The zero-order chi connectivity index (χ0) is 15.0. The molecule has 1 aliphatic carbocycles. The number of carbonyl (C=O) groups excluding carboxylic acids is 1. The van der Waals surface area contributed by atoms with Crippen LogP contribution < -0.4 is 10.9 Å². The van der Waals surface area contributed by atoms with Crippen LogP contribution in [0.2, 0.25) is 0 Å². The quantitative estimate of drug-likeness (QED) is 0.776. The molecular weight excluding hydrogens is 272 g/mol. The fourth-order valence-electron chi connectivity index (χ4n) is 2.49. The molecule has 1 aromatic carbocycles. The van der Waals surface area contributed by atoms with Crippen LogP contribution in [-0.4, -0.2) is 22.0 Å². The third kappa shape index (κ3) is 2.65. The van der Waals surface area contributed by atoms with Gasteiger partial charge in [0.25, 0.3) is 0 Å².